The molecule has 4 heteroatoms. The molecule has 2 aliphatic heterocycles. The lowest BCUT2D eigenvalue weighted by Crippen LogP contribution is -2.42. The van der Waals surface area contributed by atoms with Crippen LogP contribution >= 0.6 is 0 Å². The summed E-state index contributed by atoms with van der Waals surface area (Å²) >= 11 is 0. The lowest BCUT2D eigenvalue weighted by molar-refractivity contribution is -0.153. The van der Waals surface area contributed by atoms with Gasteiger partial charge in [-0.1, -0.05) is 0 Å². The van der Waals surface area contributed by atoms with Gasteiger partial charge in [-0.2, -0.15) is 0 Å². The van der Waals surface area contributed by atoms with Crippen molar-refractivity contribution in [1.82, 2.24) is 10.2 Å². The van der Waals surface area contributed by atoms with Gasteiger partial charge in [-0.05, 0) is 46.6 Å². The number of nitrogens with one attached hydrogen (secondary N) is 1. The second kappa shape index (κ2) is 4.94. The molecule has 1 N–H and O–H groups in total. The number of carbonyl (C=O) groups is 1. The number of hydrogen-bond acceptors (Lipinski definition) is 4. The Labute approximate surface area is 104 Å². The quantitative estimate of drug-likeness (QED) is 0.752. The van der Waals surface area contributed by atoms with Gasteiger partial charge >= 0.3 is 5.97 Å². The number of hydrogen-bond donors (Lipinski definition) is 1. The summed E-state index contributed by atoms with van der Waals surface area (Å²) in [6.45, 7) is 8.45. The first-order valence-electron chi connectivity index (χ1n) is 6.65. The Bertz CT molecular complexity index is 286. The molecule has 0 aromatic heterocycles. The molecule has 0 radical (unpaired) electrons. The molecule has 0 amide bonds. The van der Waals surface area contributed by atoms with E-state index in [0.717, 1.165) is 6.42 Å². The second-order valence-corrected chi connectivity index (χ2v) is 6.11. The van der Waals surface area contributed by atoms with Gasteiger partial charge in [-0.25, -0.2) is 0 Å². The zero-order valence-electron chi connectivity index (χ0n) is 11.2. The highest BCUT2D eigenvalue weighted by molar-refractivity contribution is 5.72. The fourth-order valence-corrected chi connectivity index (χ4v) is 2.91. The van der Waals surface area contributed by atoms with Crippen molar-refractivity contribution >= 4 is 5.97 Å². The van der Waals surface area contributed by atoms with E-state index < -0.39 is 0 Å². The molecular formula is C13H24N2O2. The standard InChI is InChI=1S/C13H24N2O2/c1-13(2,3)17-12(16)9-14-10-6-8-15-7-4-5-11(10)15/h10-11,14H,4-9H2,1-3H3. The van der Waals surface area contributed by atoms with Crippen molar-refractivity contribution in [3.05, 3.63) is 0 Å². The Morgan fingerprint density at radius 3 is 2.82 bits per heavy atom. The average molecular weight is 240 g/mol. The van der Waals surface area contributed by atoms with Crippen LogP contribution in [-0.2, 0) is 9.53 Å². The van der Waals surface area contributed by atoms with Gasteiger partial charge in [0.15, 0.2) is 0 Å². The monoisotopic (exact) mass is 240 g/mol. The Kier molecular flexibility index (Phi) is 3.73. The number of ether oxygens (including phenoxy) is 1. The van der Waals surface area contributed by atoms with E-state index in [1.807, 2.05) is 20.8 Å². The Balaban J connectivity index is 1.73. The van der Waals surface area contributed by atoms with E-state index in [4.69, 9.17) is 4.74 Å². The van der Waals surface area contributed by atoms with Crippen molar-refractivity contribution in [2.75, 3.05) is 19.6 Å². The van der Waals surface area contributed by atoms with Gasteiger partial charge in [0.2, 0.25) is 0 Å². The minimum atomic E-state index is -0.381. The number of nitrogens with zero attached hydrogens (tertiary/aromatic N) is 1. The van der Waals surface area contributed by atoms with Crippen LogP contribution in [0.2, 0.25) is 0 Å². The van der Waals surface area contributed by atoms with Crippen LogP contribution in [0.15, 0.2) is 0 Å². The minimum absolute atomic E-state index is 0.144. The molecule has 2 heterocycles. The summed E-state index contributed by atoms with van der Waals surface area (Å²) in [5.41, 5.74) is -0.381. The van der Waals surface area contributed by atoms with Crippen molar-refractivity contribution < 1.29 is 9.53 Å². The number of rotatable bonds is 3. The zero-order valence-corrected chi connectivity index (χ0v) is 11.2. The van der Waals surface area contributed by atoms with Gasteiger partial charge in [-0.3, -0.25) is 9.69 Å². The molecule has 0 spiro atoms. The Morgan fingerprint density at radius 1 is 1.35 bits per heavy atom. The molecule has 0 aliphatic carbocycles. The van der Waals surface area contributed by atoms with E-state index in [9.17, 15) is 4.79 Å². The van der Waals surface area contributed by atoms with Gasteiger partial charge in [0.05, 0.1) is 6.54 Å². The van der Waals surface area contributed by atoms with Gasteiger partial charge in [-0.15, -0.1) is 0 Å². The minimum Gasteiger partial charge on any atom is -0.459 e. The predicted octanol–water partition coefficient (Wildman–Crippen LogP) is 1.15. The molecule has 2 atom stereocenters. The summed E-state index contributed by atoms with van der Waals surface area (Å²) in [7, 11) is 0. The Morgan fingerprint density at radius 2 is 2.12 bits per heavy atom. The van der Waals surface area contributed by atoms with Crippen molar-refractivity contribution in [3.8, 4) is 0 Å². The number of fused-ring (bicyclic) bond motifs is 1. The first-order chi connectivity index (χ1) is 7.96. The summed E-state index contributed by atoms with van der Waals surface area (Å²) in [4.78, 5) is 14.1. The molecule has 2 fully saturated rings. The largest absolute Gasteiger partial charge is 0.459 e. The van der Waals surface area contributed by atoms with Gasteiger partial charge in [0, 0.05) is 18.6 Å². The van der Waals surface area contributed by atoms with Crippen LogP contribution in [0.25, 0.3) is 0 Å². The van der Waals surface area contributed by atoms with Crippen LogP contribution in [-0.4, -0.2) is 48.2 Å². The third-order valence-electron chi connectivity index (χ3n) is 3.53. The first-order valence-corrected chi connectivity index (χ1v) is 6.65. The third kappa shape index (κ3) is 3.42. The fourth-order valence-electron chi connectivity index (χ4n) is 2.91. The molecular weight excluding hydrogens is 216 g/mol. The molecule has 17 heavy (non-hydrogen) atoms. The van der Waals surface area contributed by atoms with Crippen LogP contribution in [0.5, 0.6) is 0 Å². The van der Waals surface area contributed by atoms with Gasteiger partial charge < -0.3 is 10.1 Å². The normalized spacial score (nSPS) is 29.4. The van der Waals surface area contributed by atoms with Crippen LogP contribution in [0.3, 0.4) is 0 Å². The number of carbonyl (C=O) groups excluding carboxylic acids is 1. The molecule has 0 bridgehead atoms. The van der Waals surface area contributed by atoms with E-state index in [1.54, 1.807) is 0 Å². The molecule has 0 aromatic rings. The smallest absolute Gasteiger partial charge is 0.320 e. The predicted molar refractivity (Wildman–Crippen MR) is 66.8 cm³/mol. The zero-order chi connectivity index (χ0) is 12.5. The van der Waals surface area contributed by atoms with Crippen LogP contribution < -0.4 is 5.32 Å². The van der Waals surface area contributed by atoms with Crippen molar-refractivity contribution in [2.45, 2.75) is 57.7 Å². The van der Waals surface area contributed by atoms with Crippen LogP contribution in [0, 0.1) is 0 Å². The molecule has 0 aromatic carbocycles. The highest BCUT2D eigenvalue weighted by Gasteiger charge is 2.37. The second-order valence-electron chi connectivity index (χ2n) is 6.11. The molecule has 2 aliphatic rings. The van der Waals surface area contributed by atoms with Crippen molar-refractivity contribution in [2.24, 2.45) is 0 Å². The maximum Gasteiger partial charge on any atom is 0.320 e. The van der Waals surface area contributed by atoms with E-state index in [1.165, 1.54) is 25.9 Å². The molecule has 0 saturated carbocycles. The molecule has 2 rings (SSSR count). The fraction of sp³-hybridized carbons (Fsp3) is 0.923. The summed E-state index contributed by atoms with van der Waals surface area (Å²) in [6, 6.07) is 1.13. The summed E-state index contributed by atoms with van der Waals surface area (Å²) in [5, 5.41) is 3.36. The van der Waals surface area contributed by atoms with Crippen LogP contribution in [0.1, 0.15) is 40.0 Å². The van der Waals surface area contributed by atoms with E-state index >= 15 is 0 Å². The summed E-state index contributed by atoms with van der Waals surface area (Å²) < 4.78 is 5.29. The van der Waals surface area contributed by atoms with Crippen molar-refractivity contribution in [1.29, 1.82) is 0 Å². The topological polar surface area (TPSA) is 41.6 Å². The highest BCUT2D eigenvalue weighted by atomic mass is 16.6. The first kappa shape index (κ1) is 12.8. The van der Waals surface area contributed by atoms with E-state index in [2.05, 4.69) is 10.2 Å². The summed E-state index contributed by atoms with van der Waals surface area (Å²) in [5.74, 6) is -0.144. The maximum atomic E-state index is 11.6. The third-order valence-corrected chi connectivity index (χ3v) is 3.53. The van der Waals surface area contributed by atoms with E-state index in [-0.39, 0.29) is 11.6 Å². The molecule has 2 unspecified atom stereocenters. The Hall–Kier alpha value is -0.610. The summed E-state index contributed by atoms with van der Waals surface area (Å²) in [6.07, 6.45) is 3.73. The number of esters is 1. The maximum absolute atomic E-state index is 11.6. The van der Waals surface area contributed by atoms with E-state index in [0.29, 0.717) is 18.6 Å². The molecule has 2 saturated heterocycles. The van der Waals surface area contributed by atoms with Crippen molar-refractivity contribution in [3.63, 3.8) is 0 Å². The SMILES string of the molecule is CC(C)(C)OC(=O)CNC1CCN2CCCC12. The molecule has 4 nitrogen and oxygen atoms in total. The van der Waals surface area contributed by atoms with Gasteiger partial charge in [0.1, 0.15) is 5.60 Å². The lowest BCUT2D eigenvalue weighted by atomic mass is 10.1. The average Bonchev–Trinajstić information content (AvgIpc) is 2.73. The van der Waals surface area contributed by atoms with Crippen LogP contribution in [0.4, 0.5) is 0 Å². The highest BCUT2D eigenvalue weighted by Crippen LogP contribution is 2.27. The molecule has 98 valence electrons. The lowest BCUT2D eigenvalue weighted by Gasteiger charge is -2.23. The van der Waals surface area contributed by atoms with Gasteiger partial charge in [0.25, 0.3) is 0 Å².